The van der Waals surface area contributed by atoms with Crippen LogP contribution in [0.4, 0.5) is 4.39 Å². The summed E-state index contributed by atoms with van der Waals surface area (Å²) < 4.78 is 13.7. The van der Waals surface area contributed by atoms with Crippen LogP contribution >= 0.6 is 23.4 Å². The second-order valence-electron chi connectivity index (χ2n) is 6.75. The summed E-state index contributed by atoms with van der Waals surface area (Å²) in [6.07, 6.45) is 3.22. The molecule has 0 atom stereocenters. The number of aryl methyl sites for hydroxylation is 1. The van der Waals surface area contributed by atoms with Gasteiger partial charge in [0.2, 0.25) is 0 Å². The lowest BCUT2D eigenvalue weighted by atomic mass is 9.90. The van der Waals surface area contributed by atoms with E-state index < -0.39 is 11.9 Å². The van der Waals surface area contributed by atoms with E-state index in [1.807, 2.05) is 25.1 Å². The monoisotopic (exact) mass is 451 g/mol. The maximum absolute atomic E-state index is 13.7. The van der Waals surface area contributed by atoms with Gasteiger partial charge in [0.15, 0.2) is 0 Å². The van der Waals surface area contributed by atoms with Gasteiger partial charge >= 0.3 is 11.9 Å². The Bertz CT molecular complexity index is 913. The van der Waals surface area contributed by atoms with Gasteiger partial charge in [-0.2, -0.15) is 0 Å². The van der Waals surface area contributed by atoms with E-state index in [-0.39, 0.29) is 5.82 Å². The average Bonchev–Trinajstić information content (AvgIpc) is 2.71. The first-order valence-electron chi connectivity index (χ1n) is 9.34. The van der Waals surface area contributed by atoms with Crippen molar-refractivity contribution in [3.63, 3.8) is 0 Å². The fourth-order valence-electron chi connectivity index (χ4n) is 3.01. The number of halogens is 2. The minimum Gasteiger partial charge on any atom is -0.478 e. The SMILES string of the molecule is Cc1ccc(Sc2ccc(F)cc2C2CCNCC2)c(Cl)c1.O=C(O)/C=C/C(=O)O. The molecule has 160 valence electrons. The molecule has 1 fully saturated rings. The van der Waals surface area contributed by atoms with E-state index in [2.05, 4.69) is 11.4 Å². The van der Waals surface area contributed by atoms with Crippen molar-refractivity contribution in [2.24, 2.45) is 0 Å². The molecule has 1 aliphatic rings. The number of carboxylic acid groups (broad SMARTS) is 2. The Balaban J connectivity index is 0.000000343. The number of benzene rings is 2. The summed E-state index contributed by atoms with van der Waals surface area (Å²) >= 11 is 7.98. The maximum atomic E-state index is 13.7. The van der Waals surface area contributed by atoms with Crippen LogP contribution in [0.15, 0.2) is 58.3 Å². The molecule has 1 saturated heterocycles. The van der Waals surface area contributed by atoms with Crippen LogP contribution in [-0.2, 0) is 9.59 Å². The van der Waals surface area contributed by atoms with Crippen molar-refractivity contribution in [2.45, 2.75) is 35.5 Å². The molecule has 0 radical (unpaired) electrons. The van der Waals surface area contributed by atoms with Crippen LogP contribution < -0.4 is 5.32 Å². The van der Waals surface area contributed by atoms with E-state index in [0.29, 0.717) is 18.1 Å². The summed E-state index contributed by atoms with van der Waals surface area (Å²) in [7, 11) is 0. The van der Waals surface area contributed by atoms with E-state index in [0.717, 1.165) is 51.9 Å². The van der Waals surface area contributed by atoms with Gasteiger partial charge in [0.25, 0.3) is 0 Å². The lowest BCUT2D eigenvalue weighted by Crippen LogP contribution is -2.26. The van der Waals surface area contributed by atoms with Gasteiger partial charge in [-0.25, -0.2) is 14.0 Å². The molecule has 0 amide bonds. The highest BCUT2D eigenvalue weighted by Crippen LogP contribution is 2.40. The minimum atomic E-state index is -1.26. The van der Waals surface area contributed by atoms with Crippen molar-refractivity contribution in [3.05, 3.63) is 70.5 Å². The smallest absolute Gasteiger partial charge is 0.328 e. The fourth-order valence-corrected chi connectivity index (χ4v) is 4.37. The lowest BCUT2D eigenvalue weighted by molar-refractivity contribution is -0.134. The van der Waals surface area contributed by atoms with Gasteiger partial charge in [-0.1, -0.05) is 29.4 Å². The van der Waals surface area contributed by atoms with Crippen LogP contribution in [0.2, 0.25) is 5.02 Å². The van der Waals surface area contributed by atoms with Gasteiger partial charge in [-0.05, 0) is 80.2 Å². The highest BCUT2D eigenvalue weighted by Gasteiger charge is 2.20. The summed E-state index contributed by atoms with van der Waals surface area (Å²) in [5.41, 5.74) is 2.26. The summed E-state index contributed by atoms with van der Waals surface area (Å²) in [6, 6.07) is 11.2. The van der Waals surface area contributed by atoms with E-state index in [9.17, 15) is 14.0 Å². The summed E-state index contributed by atoms with van der Waals surface area (Å²) in [5.74, 6) is -2.25. The van der Waals surface area contributed by atoms with Gasteiger partial charge in [0.05, 0.1) is 5.02 Å². The molecule has 1 heterocycles. The Hall–Kier alpha value is -2.35. The number of hydrogen-bond acceptors (Lipinski definition) is 4. The summed E-state index contributed by atoms with van der Waals surface area (Å²) in [6.45, 7) is 4.02. The number of nitrogens with one attached hydrogen (secondary N) is 1. The van der Waals surface area contributed by atoms with Crippen molar-refractivity contribution in [1.29, 1.82) is 0 Å². The number of piperidine rings is 1. The molecule has 0 bridgehead atoms. The van der Waals surface area contributed by atoms with Gasteiger partial charge in [-0.15, -0.1) is 0 Å². The normalized spacial score (nSPS) is 14.2. The first kappa shape index (κ1) is 23.9. The number of rotatable bonds is 5. The van der Waals surface area contributed by atoms with Crippen LogP contribution in [-0.4, -0.2) is 35.2 Å². The van der Waals surface area contributed by atoms with E-state index in [1.54, 1.807) is 17.8 Å². The van der Waals surface area contributed by atoms with Crippen molar-refractivity contribution < 1.29 is 24.2 Å². The summed E-state index contributed by atoms with van der Waals surface area (Å²) in [4.78, 5) is 21.2. The number of aliphatic carboxylic acids is 2. The third-order valence-corrected chi connectivity index (χ3v) is 6.02. The Kier molecular flexibility index (Phi) is 9.36. The highest BCUT2D eigenvalue weighted by molar-refractivity contribution is 7.99. The molecule has 0 unspecified atom stereocenters. The third-order valence-electron chi connectivity index (χ3n) is 4.43. The Labute approximate surface area is 184 Å². The molecule has 0 aromatic heterocycles. The number of hydrogen-bond donors (Lipinski definition) is 3. The molecule has 0 aliphatic carbocycles. The van der Waals surface area contributed by atoms with Gasteiger partial charge in [0, 0.05) is 21.9 Å². The molecule has 8 heteroatoms. The highest BCUT2D eigenvalue weighted by atomic mass is 35.5. The number of carbonyl (C=O) groups is 2. The maximum Gasteiger partial charge on any atom is 0.328 e. The zero-order valence-corrected chi connectivity index (χ0v) is 18.0. The lowest BCUT2D eigenvalue weighted by Gasteiger charge is -2.25. The molecule has 2 aromatic rings. The van der Waals surface area contributed by atoms with E-state index in [4.69, 9.17) is 21.8 Å². The van der Waals surface area contributed by atoms with Crippen molar-refractivity contribution >= 4 is 35.3 Å². The van der Waals surface area contributed by atoms with Gasteiger partial charge in [0.1, 0.15) is 5.82 Å². The zero-order chi connectivity index (χ0) is 22.1. The second kappa shape index (κ2) is 11.7. The fraction of sp³-hybridized carbons (Fsp3) is 0.273. The molecular formula is C22H23ClFNO4S. The molecule has 0 saturated carbocycles. The topological polar surface area (TPSA) is 86.6 Å². The molecule has 3 rings (SSSR count). The Morgan fingerprint density at radius 3 is 2.23 bits per heavy atom. The standard InChI is InChI=1S/C18H19ClFNS.C4H4O4/c1-12-2-4-18(16(19)10-12)22-17-5-3-14(20)11-15(17)13-6-8-21-9-7-13;5-3(6)1-2-4(7)8/h2-5,10-11,13,21H,6-9H2,1H3;1-2H,(H,5,6)(H,7,8)/b;2-1+. The van der Waals surface area contributed by atoms with E-state index in [1.165, 1.54) is 6.07 Å². The molecule has 5 nitrogen and oxygen atoms in total. The molecular weight excluding hydrogens is 429 g/mol. The first-order chi connectivity index (χ1) is 14.3. The average molecular weight is 452 g/mol. The first-order valence-corrected chi connectivity index (χ1v) is 10.5. The third kappa shape index (κ3) is 7.82. The van der Waals surface area contributed by atoms with Gasteiger partial charge < -0.3 is 15.5 Å². The van der Waals surface area contributed by atoms with Crippen molar-refractivity contribution in [1.82, 2.24) is 5.32 Å². The Morgan fingerprint density at radius 1 is 1.07 bits per heavy atom. The predicted octanol–water partition coefficient (Wildman–Crippen LogP) is 5.12. The van der Waals surface area contributed by atoms with Crippen LogP contribution in [0.25, 0.3) is 0 Å². The summed E-state index contributed by atoms with van der Waals surface area (Å²) in [5, 5.41) is 19.7. The predicted molar refractivity (Wildman–Crippen MR) is 116 cm³/mol. The number of carboxylic acids is 2. The van der Waals surface area contributed by atoms with Gasteiger partial charge in [-0.3, -0.25) is 0 Å². The minimum absolute atomic E-state index is 0.159. The molecule has 0 spiro atoms. The van der Waals surface area contributed by atoms with Crippen LogP contribution in [0.5, 0.6) is 0 Å². The molecule has 1 aliphatic heterocycles. The largest absolute Gasteiger partial charge is 0.478 e. The van der Waals surface area contributed by atoms with Crippen molar-refractivity contribution in [3.8, 4) is 0 Å². The second-order valence-corrected chi connectivity index (χ2v) is 8.24. The Morgan fingerprint density at radius 2 is 1.67 bits per heavy atom. The molecule has 30 heavy (non-hydrogen) atoms. The van der Waals surface area contributed by atoms with Crippen LogP contribution in [0.1, 0.15) is 29.9 Å². The van der Waals surface area contributed by atoms with Crippen molar-refractivity contribution in [2.75, 3.05) is 13.1 Å². The molecule has 2 aromatic carbocycles. The van der Waals surface area contributed by atoms with E-state index >= 15 is 0 Å². The van der Waals surface area contributed by atoms with Crippen LogP contribution in [0.3, 0.4) is 0 Å². The zero-order valence-electron chi connectivity index (χ0n) is 16.4. The quantitative estimate of drug-likeness (QED) is 0.547. The molecule has 3 N–H and O–H groups in total. The van der Waals surface area contributed by atoms with Crippen LogP contribution in [0, 0.1) is 12.7 Å².